The van der Waals surface area contributed by atoms with Crippen LogP contribution in [0.5, 0.6) is 0 Å². The summed E-state index contributed by atoms with van der Waals surface area (Å²) in [6.07, 6.45) is -0.151. The Bertz CT molecular complexity index is 1400. The highest BCUT2D eigenvalue weighted by Crippen LogP contribution is 2.29. The number of benzene rings is 3. The molecule has 0 saturated heterocycles. The molecule has 148 valence electrons. The second-order valence-electron chi connectivity index (χ2n) is 7.64. The van der Waals surface area contributed by atoms with E-state index < -0.39 is 0 Å². The Labute approximate surface area is 173 Å². The lowest BCUT2D eigenvalue weighted by atomic mass is 10.1. The molecule has 0 radical (unpaired) electrons. The molecule has 0 unspecified atom stereocenters. The van der Waals surface area contributed by atoms with Crippen molar-refractivity contribution < 1.29 is 9.53 Å². The number of aromatic nitrogens is 3. The predicted octanol–water partition coefficient (Wildman–Crippen LogP) is 5.35. The molecule has 0 spiro atoms. The fraction of sp³-hybridized carbons (Fsp3) is 0.160. The molecule has 0 bridgehead atoms. The van der Waals surface area contributed by atoms with E-state index in [-0.39, 0.29) is 12.1 Å². The first kappa shape index (κ1) is 18.3. The van der Waals surface area contributed by atoms with Gasteiger partial charge in [-0.3, -0.25) is 0 Å². The lowest BCUT2D eigenvalue weighted by Gasteiger charge is -2.10. The molecule has 5 nitrogen and oxygen atoms in total. The molecule has 0 fully saturated rings. The van der Waals surface area contributed by atoms with Gasteiger partial charge in [-0.2, -0.15) is 0 Å². The maximum Gasteiger partial charge on any atom is 0.338 e. The quantitative estimate of drug-likeness (QED) is 0.385. The summed E-state index contributed by atoms with van der Waals surface area (Å²) >= 11 is 0. The summed E-state index contributed by atoms with van der Waals surface area (Å²) in [5, 5.41) is 1.07. The number of rotatable bonds is 4. The van der Waals surface area contributed by atoms with Crippen molar-refractivity contribution in [2.45, 2.75) is 26.5 Å². The Kier molecular flexibility index (Phi) is 4.43. The zero-order valence-corrected chi connectivity index (χ0v) is 16.9. The van der Waals surface area contributed by atoms with E-state index in [1.807, 2.05) is 68.4 Å². The van der Waals surface area contributed by atoms with Crippen molar-refractivity contribution in [3.63, 3.8) is 0 Å². The van der Waals surface area contributed by atoms with E-state index in [9.17, 15) is 4.79 Å². The van der Waals surface area contributed by atoms with E-state index in [1.165, 1.54) is 0 Å². The standard InChI is InChI=1S/C25H21N3O2/c1-16(2)30-25(29)18-9-7-8-17(14-18)15-28-22-13-6-3-10-19(22)23-24(28)27-21-12-5-4-11-20(21)26-23/h3-14,16H,15H2,1-2H3. The Hall–Kier alpha value is -3.73. The van der Waals surface area contributed by atoms with Crippen LogP contribution >= 0.6 is 0 Å². The van der Waals surface area contributed by atoms with Crippen LogP contribution < -0.4 is 0 Å². The Morgan fingerprint density at radius 1 is 0.933 bits per heavy atom. The number of nitrogens with zero attached hydrogens (tertiary/aromatic N) is 3. The second kappa shape index (κ2) is 7.26. The average Bonchev–Trinajstić information content (AvgIpc) is 3.05. The Balaban J connectivity index is 1.65. The second-order valence-corrected chi connectivity index (χ2v) is 7.64. The minimum absolute atomic E-state index is 0.151. The highest BCUT2D eigenvalue weighted by molar-refractivity contribution is 6.06. The van der Waals surface area contributed by atoms with Crippen LogP contribution in [0.3, 0.4) is 0 Å². The van der Waals surface area contributed by atoms with E-state index in [0.717, 1.165) is 38.7 Å². The van der Waals surface area contributed by atoms with Gasteiger partial charge in [0.2, 0.25) is 0 Å². The fourth-order valence-electron chi connectivity index (χ4n) is 3.80. The monoisotopic (exact) mass is 395 g/mol. The predicted molar refractivity (Wildman–Crippen MR) is 119 cm³/mol. The van der Waals surface area contributed by atoms with Gasteiger partial charge < -0.3 is 9.30 Å². The molecular weight excluding hydrogens is 374 g/mol. The summed E-state index contributed by atoms with van der Waals surface area (Å²) < 4.78 is 7.51. The third kappa shape index (κ3) is 3.18. The fourth-order valence-corrected chi connectivity index (χ4v) is 3.80. The molecule has 30 heavy (non-hydrogen) atoms. The smallest absolute Gasteiger partial charge is 0.338 e. The average molecular weight is 395 g/mol. The van der Waals surface area contributed by atoms with Crippen molar-refractivity contribution in [1.82, 2.24) is 14.5 Å². The first-order valence-corrected chi connectivity index (χ1v) is 10.0. The van der Waals surface area contributed by atoms with E-state index in [4.69, 9.17) is 14.7 Å². The molecule has 0 saturated carbocycles. The van der Waals surface area contributed by atoms with Crippen molar-refractivity contribution in [1.29, 1.82) is 0 Å². The van der Waals surface area contributed by atoms with Crippen LogP contribution in [-0.2, 0) is 11.3 Å². The van der Waals surface area contributed by atoms with E-state index in [2.05, 4.69) is 16.7 Å². The zero-order valence-electron chi connectivity index (χ0n) is 16.9. The molecule has 0 aliphatic heterocycles. The lowest BCUT2D eigenvalue weighted by molar-refractivity contribution is 0.0378. The number of esters is 1. The van der Waals surface area contributed by atoms with Crippen molar-refractivity contribution in [3.05, 3.63) is 83.9 Å². The molecule has 0 aliphatic rings. The third-order valence-corrected chi connectivity index (χ3v) is 5.10. The van der Waals surface area contributed by atoms with Crippen LogP contribution in [-0.4, -0.2) is 26.6 Å². The minimum atomic E-state index is -0.306. The number of para-hydroxylation sites is 3. The number of ether oxygens (including phenoxy) is 1. The lowest BCUT2D eigenvalue weighted by Crippen LogP contribution is -2.12. The van der Waals surface area contributed by atoms with Crippen molar-refractivity contribution >= 4 is 39.1 Å². The number of hydrogen-bond donors (Lipinski definition) is 0. The van der Waals surface area contributed by atoms with Crippen LogP contribution in [0.1, 0.15) is 29.8 Å². The number of carbonyl (C=O) groups is 1. The molecule has 0 atom stereocenters. The van der Waals surface area contributed by atoms with Gasteiger partial charge in [-0.05, 0) is 49.7 Å². The highest BCUT2D eigenvalue weighted by atomic mass is 16.5. The summed E-state index contributed by atoms with van der Waals surface area (Å²) in [6.45, 7) is 4.28. The van der Waals surface area contributed by atoms with Crippen molar-refractivity contribution in [2.24, 2.45) is 0 Å². The number of fused-ring (bicyclic) bond motifs is 4. The first-order valence-electron chi connectivity index (χ1n) is 10.0. The Morgan fingerprint density at radius 3 is 2.47 bits per heavy atom. The molecule has 2 aromatic heterocycles. The van der Waals surface area contributed by atoms with Crippen LogP contribution in [0, 0.1) is 0 Å². The molecule has 2 heterocycles. The topological polar surface area (TPSA) is 57.0 Å². The van der Waals surface area contributed by atoms with Gasteiger partial charge in [0.05, 0.1) is 28.2 Å². The molecule has 0 amide bonds. The van der Waals surface area contributed by atoms with Crippen molar-refractivity contribution in [2.75, 3.05) is 0 Å². The van der Waals surface area contributed by atoms with Gasteiger partial charge in [0, 0.05) is 11.9 Å². The molecule has 5 rings (SSSR count). The molecule has 5 aromatic rings. The van der Waals surface area contributed by atoms with Gasteiger partial charge in [-0.1, -0.05) is 42.5 Å². The number of carbonyl (C=O) groups excluding carboxylic acids is 1. The molecular formula is C25H21N3O2. The van der Waals surface area contributed by atoms with Gasteiger partial charge in [0.15, 0.2) is 5.65 Å². The van der Waals surface area contributed by atoms with E-state index >= 15 is 0 Å². The zero-order chi connectivity index (χ0) is 20.7. The largest absolute Gasteiger partial charge is 0.459 e. The van der Waals surface area contributed by atoms with Crippen LogP contribution in [0.2, 0.25) is 0 Å². The van der Waals surface area contributed by atoms with Crippen LogP contribution in [0.15, 0.2) is 72.8 Å². The van der Waals surface area contributed by atoms with Gasteiger partial charge in [-0.15, -0.1) is 0 Å². The Morgan fingerprint density at radius 2 is 1.67 bits per heavy atom. The minimum Gasteiger partial charge on any atom is -0.459 e. The summed E-state index contributed by atoms with van der Waals surface area (Å²) in [5.74, 6) is -0.306. The maximum atomic E-state index is 12.3. The summed E-state index contributed by atoms with van der Waals surface area (Å²) in [7, 11) is 0. The molecule has 3 aromatic carbocycles. The van der Waals surface area contributed by atoms with E-state index in [1.54, 1.807) is 6.07 Å². The molecule has 5 heteroatoms. The SMILES string of the molecule is CC(C)OC(=O)c1cccc(Cn2c3ccccc3c3nc4ccccc4nc32)c1. The summed E-state index contributed by atoms with van der Waals surface area (Å²) in [4.78, 5) is 22.1. The normalized spacial score (nSPS) is 11.6. The van der Waals surface area contributed by atoms with Gasteiger partial charge in [0.1, 0.15) is 5.52 Å². The maximum absolute atomic E-state index is 12.3. The van der Waals surface area contributed by atoms with E-state index in [0.29, 0.717) is 12.1 Å². The van der Waals surface area contributed by atoms with Gasteiger partial charge in [-0.25, -0.2) is 14.8 Å². The summed E-state index contributed by atoms with van der Waals surface area (Å²) in [5.41, 5.74) is 6.10. The third-order valence-electron chi connectivity index (χ3n) is 5.10. The first-order chi connectivity index (χ1) is 14.6. The molecule has 0 N–H and O–H groups in total. The van der Waals surface area contributed by atoms with Crippen molar-refractivity contribution in [3.8, 4) is 0 Å². The van der Waals surface area contributed by atoms with Gasteiger partial charge in [0.25, 0.3) is 0 Å². The summed E-state index contributed by atoms with van der Waals surface area (Å²) in [6, 6.07) is 23.7. The van der Waals surface area contributed by atoms with Crippen LogP contribution in [0.25, 0.3) is 33.1 Å². The van der Waals surface area contributed by atoms with Crippen LogP contribution in [0.4, 0.5) is 0 Å². The molecule has 0 aliphatic carbocycles. The number of hydrogen-bond acceptors (Lipinski definition) is 4. The highest BCUT2D eigenvalue weighted by Gasteiger charge is 2.15. The van der Waals surface area contributed by atoms with Gasteiger partial charge >= 0.3 is 5.97 Å².